The van der Waals surface area contributed by atoms with E-state index in [0.717, 1.165) is 17.5 Å². The van der Waals surface area contributed by atoms with Gasteiger partial charge < -0.3 is 10.1 Å². The van der Waals surface area contributed by atoms with Crippen LogP contribution in [0.15, 0.2) is 42.5 Å². The first kappa shape index (κ1) is 19.0. The Morgan fingerprint density at radius 2 is 1.84 bits per heavy atom. The van der Waals surface area contributed by atoms with Crippen LogP contribution in [-0.2, 0) is 4.79 Å². The van der Waals surface area contributed by atoms with Gasteiger partial charge in [0.2, 0.25) is 0 Å². The molecule has 0 bridgehead atoms. The van der Waals surface area contributed by atoms with E-state index in [-0.39, 0.29) is 17.7 Å². The number of carbonyl (C=O) groups is 1. The molecule has 0 saturated carbocycles. The summed E-state index contributed by atoms with van der Waals surface area (Å²) in [5.74, 6) is -0.586. The molecule has 1 amide bonds. The van der Waals surface area contributed by atoms with E-state index in [0.29, 0.717) is 6.42 Å². The average Bonchev–Trinajstić information content (AvgIpc) is 2.59. The Morgan fingerprint density at radius 1 is 1.12 bits per heavy atom. The molecule has 2 aromatic carbocycles. The van der Waals surface area contributed by atoms with Gasteiger partial charge in [-0.3, -0.25) is 4.79 Å². The highest BCUT2D eigenvalue weighted by molar-refractivity contribution is 5.81. The van der Waals surface area contributed by atoms with E-state index in [1.165, 1.54) is 17.7 Å². The van der Waals surface area contributed by atoms with Crippen LogP contribution in [0.5, 0.6) is 5.75 Å². The number of aryl methyl sites for hydroxylation is 2. The van der Waals surface area contributed by atoms with Crippen LogP contribution in [-0.4, -0.2) is 12.0 Å². The smallest absolute Gasteiger partial charge is 0.261 e. The summed E-state index contributed by atoms with van der Waals surface area (Å²) in [5.41, 5.74) is 3.44. The summed E-state index contributed by atoms with van der Waals surface area (Å²) in [6.45, 7) is 7.97. The fourth-order valence-electron chi connectivity index (χ4n) is 2.90. The van der Waals surface area contributed by atoms with Gasteiger partial charge in [-0.25, -0.2) is 4.39 Å². The lowest BCUT2D eigenvalue weighted by Gasteiger charge is -2.24. The largest absolute Gasteiger partial charge is 0.478 e. The summed E-state index contributed by atoms with van der Waals surface area (Å²) >= 11 is 0. The predicted molar refractivity (Wildman–Crippen MR) is 98.2 cm³/mol. The van der Waals surface area contributed by atoms with E-state index < -0.39 is 11.9 Å². The van der Waals surface area contributed by atoms with Crippen molar-refractivity contribution in [3.8, 4) is 5.75 Å². The van der Waals surface area contributed by atoms with Crippen LogP contribution in [0.4, 0.5) is 4.39 Å². The quantitative estimate of drug-likeness (QED) is 0.779. The number of hydrogen-bond donors (Lipinski definition) is 1. The van der Waals surface area contributed by atoms with Crippen molar-refractivity contribution in [1.29, 1.82) is 0 Å². The molecule has 0 spiro atoms. The van der Waals surface area contributed by atoms with Crippen molar-refractivity contribution in [3.63, 3.8) is 0 Å². The fourth-order valence-corrected chi connectivity index (χ4v) is 2.90. The Morgan fingerprint density at radius 3 is 2.44 bits per heavy atom. The maximum atomic E-state index is 13.8. The molecule has 0 aliphatic rings. The lowest BCUT2D eigenvalue weighted by Crippen LogP contribution is -2.40. The van der Waals surface area contributed by atoms with Gasteiger partial charge in [0.05, 0.1) is 6.04 Å². The Balaban J connectivity index is 2.12. The number of rotatable bonds is 7. The van der Waals surface area contributed by atoms with E-state index in [1.807, 2.05) is 33.8 Å². The number of nitrogens with one attached hydrogen (secondary N) is 1. The molecular weight excluding hydrogens is 317 g/mol. The van der Waals surface area contributed by atoms with E-state index in [2.05, 4.69) is 17.4 Å². The normalized spacial score (nSPS) is 13.2. The molecule has 0 heterocycles. The van der Waals surface area contributed by atoms with Crippen molar-refractivity contribution in [2.24, 2.45) is 0 Å². The van der Waals surface area contributed by atoms with E-state index in [9.17, 15) is 9.18 Å². The first-order valence-corrected chi connectivity index (χ1v) is 8.75. The zero-order valence-corrected chi connectivity index (χ0v) is 15.3. The van der Waals surface area contributed by atoms with Gasteiger partial charge in [0, 0.05) is 0 Å². The summed E-state index contributed by atoms with van der Waals surface area (Å²) in [6, 6.07) is 12.3. The second-order valence-corrected chi connectivity index (χ2v) is 6.27. The maximum Gasteiger partial charge on any atom is 0.261 e. The number of halogens is 1. The molecule has 25 heavy (non-hydrogen) atoms. The van der Waals surface area contributed by atoms with Crippen molar-refractivity contribution in [1.82, 2.24) is 5.32 Å². The standard InChI is InChI=1S/C21H26FNO2/c1-5-18(16-12-11-14(3)13-15(16)4)23-21(24)19(6-2)25-20-10-8-7-9-17(20)22/h7-13,18-19H,5-6H2,1-4H3,(H,23,24)/t18-,19+/m0/s1. The molecule has 0 radical (unpaired) electrons. The molecule has 4 heteroatoms. The van der Waals surface area contributed by atoms with Crippen LogP contribution in [0.1, 0.15) is 49.4 Å². The zero-order chi connectivity index (χ0) is 18.4. The predicted octanol–water partition coefficient (Wildman–Crippen LogP) is 4.87. The van der Waals surface area contributed by atoms with Gasteiger partial charge in [-0.1, -0.05) is 49.7 Å². The molecule has 0 aliphatic carbocycles. The summed E-state index contributed by atoms with van der Waals surface area (Å²) in [5, 5.41) is 3.05. The molecular formula is C21H26FNO2. The van der Waals surface area contributed by atoms with Crippen molar-refractivity contribution in [2.45, 2.75) is 52.7 Å². The topological polar surface area (TPSA) is 38.3 Å². The van der Waals surface area contributed by atoms with Gasteiger partial charge in [0.15, 0.2) is 17.7 Å². The van der Waals surface area contributed by atoms with Crippen molar-refractivity contribution in [3.05, 3.63) is 65.0 Å². The molecule has 0 unspecified atom stereocenters. The van der Waals surface area contributed by atoms with Crippen LogP contribution in [0.3, 0.4) is 0 Å². The van der Waals surface area contributed by atoms with E-state index >= 15 is 0 Å². The number of benzene rings is 2. The molecule has 0 aliphatic heterocycles. The monoisotopic (exact) mass is 343 g/mol. The third-order valence-electron chi connectivity index (χ3n) is 4.29. The van der Waals surface area contributed by atoms with Gasteiger partial charge in [0.1, 0.15) is 0 Å². The summed E-state index contributed by atoms with van der Waals surface area (Å²) in [6.07, 6.45) is 0.506. The fraction of sp³-hybridized carbons (Fsp3) is 0.381. The van der Waals surface area contributed by atoms with Gasteiger partial charge in [-0.2, -0.15) is 0 Å². The minimum Gasteiger partial charge on any atom is -0.478 e. The summed E-state index contributed by atoms with van der Waals surface area (Å²) in [4.78, 5) is 12.7. The lowest BCUT2D eigenvalue weighted by molar-refractivity contribution is -0.129. The van der Waals surface area contributed by atoms with E-state index in [1.54, 1.807) is 12.1 Å². The molecule has 134 valence electrons. The van der Waals surface area contributed by atoms with Crippen LogP contribution < -0.4 is 10.1 Å². The van der Waals surface area contributed by atoms with Crippen LogP contribution in [0, 0.1) is 19.7 Å². The minimum atomic E-state index is -0.725. The summed E-state index contributed by atoms with van der Waals surface area (Å²) in [7, 11) is 0. The number of hydrogen-bond acceptors (Lipinski definition) is 2. The first-order valence-electron chi connectivity index (χ1n) is 8.75. The number of carbonyl (C=O) groups excluding carboxylic acids is 1. The second-order valence-electron chi connectivity index (χ2n) is 6.27. The molecule has 0 saturated heterocycles. The van der Waals surface area contributed by atoms with Gasteiger partial charge in [0.25, 0.3) is 5.91 Å². The van der Waals surface area contributed by atoms with Gasteiger partial charge in [-0.05, 0) is 49.9 Å². The van der Waals surface area contributed by atoms with Crippen molar-refractivity contribution in [2.75, 3.05) is 0 Å². The van der Waals surface area contributed by atoms with Crippen LogP contribution in [0.25, 0.3) is 0 Å². The SMILES string of the molecule is CC[C@H](NC(=O)[C@@H](CC)Oc1ccccc1F)c1ccc(C)cc1C. The average molecular weight is 343 g/mol. The molecule has 0 fully saturated rings. The van der Waals surface area contributed by atoms with Gasteiger partial charge in [-0.15, -0.1) is 0 Å². The van der Waals surface area contributed by atoms with Crippen LogP contribution >= 0.6 is 0 Å². The Bertz CT molecular complexity index is 730. The highest BCUT2D eigenvalue weighted by atomic mass is 19.1. The van der Waals surface area contributed by atoms with Crippen molar-refractivity contribution < 1.29 is 13.9 Å². The third kappa shape index (κ3) is 4.81. The van der Waals surface area contributed by atoms with Crippen LogP contribution in [0.2, 0.25) is 0 Å². The highest BCUT2D eigenvalue weighted by Gasteiger charge is 2.23. The zero-order valence-electron chi connectivity index (χ0n) is 15.3. The Hall–Kier alpha value is -2.36. The third-order valence-corrected chi connectivity index (χ3v) is 4.29. The molecule has 2 rings (SSSR count). The highest BCUT2D eigenvalue weighted by Crippen LogP contribution is 2.23. The number of ether oxygens (including phenoxy) is 1. The summed E-state index contributed by atoms with van der Waals surface area (Å²) < 4.78 is 19.4. The Kier molecular flexibility index (Phi) is 6.57. The lowest BCUT2D eigenvalue weighted by atomic mass is 9.97. The second kappa shape index (κ2) is 8.65. The van der Waals surface area contributed by atoms with E-state index in [4.69, 9.17) is 4.74 Å². The van der Waals surface area contributed by atoms with Crippen molar-refractivity contribution >= 4 is 5.91 Å². The maximum absolute atomic E-state index is 13.8. The molecule has 3 nitrogen and oxygen atoms in total. The molecule has 2 atom stereocenters. The Labute approximate surface area is 149 Å². The molecule has 1 N–H and O–H groups in total. The van der Waals surface area contributed by atoms with Gasteiger partial charge >= 0.3 is 0 Å². The minimum absolute atomic E-state index is 0.0913. The molecule has 0 aromatic heterocycles. The number of amides is 1. The first-order chi connectivity index (χ1) is 12.0. The number of para-hydroxylation sites is 1. The molecule has 2 aromatic rings.